The maximum Gasteiger partial charge on any atom is 0.337 e. The van der Waals surface area contributed by atoms with E-state index in [1.165, 1.54) is 0 Å². The fourth-order valence-corrected chi connectivity index (χ4v) is 5.19. The first kappa shape index (κ1) is 25.2. The minimum absolute atomic E-state index is 0.0376. The standard InChI is InChI=1S/C29H25ClN4O4/c1-4-38-29(37)26-25(20-7-5-6-8-21(20)30)24(28(35)36)16(2)32-27(26)18-9-11-19(12-10-18)34-17(3)33-22-15-31-14-13-23(22)34/h5-15,25,32H,4H2,1-3H3,(H,35,36). The highest BCUT2D eigenvalue weighted by Gasteiger charge is 2.39. The highest BCUT2D eigenvalue weighted by molar-refractivity contribution is 6.31. The van der Waals surface area contributed by atoms with Gasteiger partial charge in [0.15, 0.2) is 0 Å². The summed E-state index contributed by atoms with van der Waals surface area (Å²) in [4.78, 5) is 34.6. The Bertz CT molecular complexity index is 1640. The lowest BCUT2D eigenvalue weighted by atomic mass is 9.79. The first-order chi connectivity index (χ1) is 18.3. The Morgan fingerprint density at radius 1 is 1.08 bits per heavy atom. The number of hydrogen-bond donors (Lipinski definition) is 2. The van der Waals surface area contributed by atoms with Crippen molar-refractivity contribution in [1.29, 1.82) is 0 Å². The van der Waals surface area contributed by atoms with Gasteiger partial charge in [-0.1, -0.05) is 41.9 Å². The molecule has 0 aliphatic carbocycles. The zero-order chi connectivity index (χ0) is 27.0. The van der Waals surface area contributed by atoms with Crippen molar-refractivity contribution in [3.05, 3.63) is 106 Å². The molecule has 0 saturated carbocycles. The van der Waals surface area contributed by atoms with Gasteiger partial charge < -0.3 is 15.2 Å². The molecule has 0 spiro atoms. The minimum atomic E-state index is -1.15. The van der Waals surface area contributed by atoms with Crippen LogP contribution in [0.15, 0.2) is 83.8 Å². The van der Waals surface area contributed by atoms with Gasteiger partial charge >= 0.3 is 11.9 Å². The first-order valence-electron chi connectivity index (χ1n) is 12.1. The minimum Gasteiger partial charge on any atom is -0.478 e. The number of nitrogens with zero attached hydrogens (tertiary/aromatic N) is 3. The smallest absolute Gasteiger partial charge is 0.337 e. The summed E-state index contributed by atoms with van der Waals surface area (Å²) in [7, 11) is 0. The SMILES string of the molecule is CCOC(=O)C1=C(c2ccc(-n3c(C)nc4cnccc43)cc2)NC(C)=C(C(=O)O)C1c1ccccc1Cl. The van der Waals surface area contributed by atoms with Crippen molar-refractivity contribution in [3.63, 3.8) is 0 Å². The third kappa shape index (κ3) is 4.33. The summed E-state index contributed by atoms with van der Waals surface area (Å²) in [6.07, 6.45) is 3.44. The molecule has 2 N–H and O–H groups in total. The molecule has 0 fully saturated rings. The Hall–Kier alpha value is -4.43. The fraction of sp³-hybridized carbons (Fsp3) is 0.172. The van der Waals surface area contributed by atoms with Crippen molar-refractivity contribution >= 4 is 40.3 Å². The average Bonchev–Trinajstić information content (AvgIpc) is 3.24. The maximum absolute atomic E-state index is 13.4. The lowest BCUT2D eigenvalue weighted by Crippen LogP contribution is -2.32. The predicted octanol–water partition coefficient (Wildman–Crippen LogP) is 5.40. The number of aryl methyl sites for hydroxylation is 1. The number of aliphatic carboxylic acids is 1. The second-order valence-corrected chi connectivity index (χ2v) is 9.25. The number of carbonyl (C=O) groups is 2. The number of halogens is 1. The number of dihydropyridines is 1. The topological polar surface area (TPSA) is 106 Å². The normalized spacial score (nSPS) is 15.5. The molecule has 5 rings (SSSR count). The molecular weight excluding hydrogens is 504 g/mol. The molecule has 0 bridgehead atoms. The number of rotatable bonds is 6. The molecule has 1 unspecified atom stereocenters. The van der Waals surface area contributed by atoms with E-state index in [1.807, 2.05) is 41.8 Å². The highest BCUT2D eigenvalue weighted by atomic mass is 35.5. The fourth-order valence-electron chi connectivity index (χ4n) is 4.94. The maximum atomic E-state index is 13.4. The second-order valence-electron chi connectivity index (χ2n) is 8.84. The van der Waals surface area contributed by atoms with E-state index in [1.54, 1.807) is 50.5 Å². The van der Waals surface area contributed by atoms with Crippen LogP contribution in [0.2, 0.25) is 5.02 Å². The van der Waals surface area contributed by atoms with Gasteiger partial charge in [0.05, 0.1) is 41.1 Å². The van der Waals surface area contributed by atoms with Gasteiger partial charge in [-0.05, 0) is 56.2 Å². The van der Waals surface area contributed by atoms with Gasteiger partial charge in [-0.15, -0.1) is 0 Å². The van der Waals surface area contributed by atoms with Gasteiger partial charge in [0.25, 0.3) is 0 Å². The molecule has 1 atom stereocenters. The number of fused-ring (bicyclic) bond motifs is 1. The van der Waals surface area contributed by atoms with Crippen molar-refractivity contribution < 1.29 is 19.4 Å². The number of hydrogen-bond acceptors (Lipinski definition) is 6. The molecule has 0 radical (unpaired) electrons. The van der Waals surface area contributed by atoms with E-state index in [4.69, 9.17) is 16.3 Å². The van der Waals surface area contributed by atoms with Gasteiger partial charge in [-0.25, -0.2) is 14.6 Å². The molecule has 2 aromatic heterocycles. The number of aromatic nitrogens is 3. The molecular formula is C29H25ClN4O4. The lowest BCUT2D eigenvalue weighted by Gasteiger charge is -2.31. The Kier molecular flexibility index (Phi) is 6.73. The van der Waals surface area contributed by atoms with Gasteiger partial charge in [0.2, 0.25) is 0 Å². The van der Waals surface area contributed by atoms with Crippen LogP contribution in [0.1, 0.15) is 36.7 Å². The van der Waals surface area contributed by atoms with Crippen LogP contribution in [0.5, 0.6) is 0 Å². The van der Waals surface area contributed by atoms with Gasteiger partial charge in [0, 0.05) is 22.6 Å². The zero-order valence-corrected chi connectivity index (χ0v) is 21.8. The quantitative estimate of drug-likeness (QED) is 0.323. The number of allylic oxidation sites excluding steroid dienone is 1. The predicted molar refractivity (Wildman–Crippen MR) is 145 cm³/mol. The number of nitrogens with one attached hydrogen (secondary N) is 1. The molecule has 0 saturated heterocycles. The van der Waals surface area contributed by atoms with Crippen molar-refractivity contribution in [3.8, 4) is 5.69 Å². The van der Waals surface area contributed by atoms with E-state index < -0.39 is 17.9 Å². The summed E-state index contributed by atoms with van der Waals surface area (Å²) in [6, 6.07) is 16.5. The van der Waals surface area contributed by atoms with Crippen molar-refractivity contribution in [1.82, 2.24) is 19.9 Å². The number of ether oxygens (including phenoxy) is 1. The number of carboxylic acids is 1. The van der Waals surface area contributed by atoms with E-state index in [0.29, 0.717) is 27.5 Å². The summed E-state index contributed by atoms with van der Waals surface area (Å²) < 4.78 is 7.44. The van der Waals surface area contributed by atoms with Crippen LogP contribution in [0, 0.1) is 6.92 Å². The highest BCUT2D eigenvalue weighted by Crippen LogP contribution is 2.43. The first-order valence-corrected chi connectivity index (χ1v) is 12.5. The third-order valence-electron chi connectivity index (χ3n) is 6.54. The van der Waals surface area contributed by atoms with Crippen molar-refractivity contribution in [2.45, 2.75) is 26.7 Å². The Morgan fingerprint density at radius 3 is 2.50 bits per heavy atom. The average molecular weight is 529 g/mol. The van der Waals surface area contributed by atoms with Crippen LogP contribution in [-0.4, -0.2) is 38.2 Å². The van der Waals surface area contributed by atoms with Crippen LogP contribution < -0.4 is 5.32 Å². The number of esters is 1. The lowest BCUT2D eigenvalue weighted by molar-refractivity contribution is -0.138. The summed E-state index contributed by atoms with van der Waals surface area (Å²) in [5.41, 5.74) is 4.92. The van der Waals surface area contributed by atoms with E-state index in [-0.39, 0.29) is 17.8 Å². The molecule has 1 aliphatic heterocycles. The summed E-state index contributed by atoms with van der Waals surface area (Å²) in [5, 5.41) is 13.7. The molecule has 3 heterocycles. The number of benzene rings is 2. The molecule has 192 valence electrons. The van der Waals surface area contributed by atoms with Crippen molar-refractivity contribution in [2.75, 3.05) is 6.61 Å². The molecule has 0 amide bonds. The Morgan fingerprint density at radius 2 is 1.82 bits per heavy atom. The number of imidazole rings is 1. The molecule has 1 aliphatic rings. The van der Waals surface area contributed by atoms with Crippen LogP contribution >= 0.6 is 11.6 Å². The molecule has 8 nitrogen and oxygen atoms in total. The van der Waals surface area contributed by atoms with Gasteiger partial charge in [-0.2, -0.15) is 0 Å². The summed E-state index contributed by atoms with van der Waals surface area (Å²) >= 11 is 6.53. The van der Waals surface area contributed by atoms with Crippen LogP contribution in [0.25, 0.3) is 22.4 Å². The van der Waals surface area contributed by atoms with Gasteiger partial charge in [-0.3, -0.25) is 9.55 Å². The van der Waals surface area contributed by atoms with Crippen LogP contribution in [-0.2, 0) is 14.3 Å². The third-order valence-corrected chi connectivity index (χ3v) is 6.89. The second kappa shape index (κ2) is 10.1. The summed E-state index contributed by atoms with van der Waals surface area (Å²) in [6.45, 7) is 5.45. The van der Waals surface area contributed by atoms with Crippen LogP contribution in [0.4, 0.5) is 0 Å². The monoisotopic (exact) mass is 528 g/mol. The van der Waals surface area contributed by atoms with E-state index in [0.717, 1.165) is 22.5 Å². The van der Waals surface area contributed by atoms with E-state index in [9.17, 15) is 14.7 Å². The largest absolute Gasteiger partial charge is 0.478 e. The molecule has 9 heteroatoms. The molecule has 4 aromatic rings. The van der Waals surface area contributed by atoms with E-state index >= 15 is 0 Å². The number of carboxylic acid groups (broad SMARTS) is 1. The number of carbonyl (C=O) groups excluding carboxylic acids is 1. The Balaban J connectivity index is 1.69. The Labute approximate surface area is 224 Å². The summed E-state index contributed by atoms with van der Waals surface area (Å²) in [5.74, 6) is -1.87. The molecule has 38 heavy (non-hydrogen) atoms. The van der Waals surface area contributed by atoms with Crippen molar-refractivity contribution in [2.24, 2.45) is 0 Å². The zero-order valence-electron chi connectivity index (χ0n) is 21.0. The molecule has 2 aromatic carbocycles. The van der Waals surface area contributed by atoms with Gasteiger partial charge in [0.1, 0.15) is 11.3 Å². The van der Waals surface area contributed by atoms with Crippen LogP contribution in [0.3, 0.4) is 0 Å². The van der Waals surface area contributed by atoms with E-state index in [2.05, 4.69) is 15.3 Å². The number of pyridine rings is 1.